The third kappa shape index (κ3) is 3.94. The van der Waals surface area contributed by atoms with Gasteiger partial charge in [-0.15, -0.1) is 0 Å². The van der Waals surface area contributed by atoms with E-state index in [4.69, 9.17) is 0 Å². The summed E-state index contributed by atoms with van der Waals surface area (Å²) in [5.74, 6) is 4.04. The lowest BCUT2D eigenvalue weighted by Gasteiger charge is -2.20. The first kappa shape index (κ1) is 14.8. The van der Waals surface area contributed by atoms with E-state index in [2.05, 4.69) is 20.4 Å². The van der Waals surface area contributed by atoms with Crippen LogP contribution in [0.3, 0.4) is 0 Å². The molecule has 1 nitrogen and oxygen atoms in total. The van der Waals surface area contributed by atoms with Gasteiger partial charge in [-0.3, -0.25) is 4.79 Å². The quantitative estimate of drug-likeness (QED) is 0.436. The van der Waals surface area contributed by atoms with E-state index in [0.29, 0.717) is 5.78 Å². The molecule has 0 heterocycles. The van der Waals surface area contributed by atoms with E-state index in [9.17, 15) is 4.79 Å². The van der Waals surface area contributed by atoms with Gasteiger partial charge in [0, 0.05) is 12.8 Å². The fourth-order valence-corrected chi connectivity index (χ4v) is 4.04. The van der Waals surface area contributed by atoms with Gasteiger partial charge in [0.15, 0.2) is 0 Å². The SMILES string of the molecule is C=C(C)C1CCC2C(CCC(=O)CCCCC)C2C1. The van der Waals surface area contributed by atoms with Crippen LogP contribution in [0.25, 0.3) is 0 Å². The van der Waals surface area contributed by atoms with Crippen LogP contribution in [0.5, 0.6) is 0 Å². The first-order valence-corrected chi connectivity index (χ1v) is 8.30. The molecule has 0 N–H and O–H groups in total. The zero-order valence-electron chi connectivity index (χ0n) is 12.8. The molecule has 4 atom stereocenters. The van der Waals surface area contributed by atoms with Crippen LogP contribution < -0.4 is 0 Å². The second kappa shape index (κ2) is 6.72. The molecule has 0 radical (unpaired) electrons. The van der Waals surface area contributed by atoms with Crippen molar-refractivity contribution in [3.63, 3.8) is 0 Å². The van der Waals surface area contributed by atoms with E-state index in [1.807, 2.05) is 0 Å². The number of carbonyl (C=O) groups is 1. The van der Waals surface area contributed by atoms with E-state index in [1.165, 1.54) is 44.1 Å². The molecule has 2 rings (SSSR count). The summed E-state index contributed by atoms with van der Waals surface area (Å²) in [6.07, 6.45) is 10.4. The minimum Gasteiger partial charge on any atom is -0.300 e. The molecule has 2 saturated carbocycles. The lowest BCUT2D eigenvalue weighted by Crippen LogP contribution is -2.08. The number of ketones is 1. The number of hydrogen-bond donors (Lipinski definition) is 0. The molecule has 0 aromatic heterocycles. The molecule has 0 saturated heterocycles. The summed E-state index contributed by atoms with van der Waals surface area (Å²) in [5.41, 5.74) is 1.37. The van der Waals surface area contributed by atoms with Gasteiger partial charge in [0.2, 0.25) is 0 Å². The van der Waals surface area contributed by atoms with Gasteiger partial charge in [-0.25, -0.2) is 0 Å². The number of rotatable bonds is 8. The number of hydrogen-bond acceptors (Lipinski definition) is 1. The van der Waals surface area contributed by atoms with Gasteiger partial charge < -0.3 is 0 Å². The van der Waals surface area contributed by atoms with Crippen molar-refractivity contribution in [3.8, 4) is 0 Å². The highest BCUT2D eigenvalue weighted by Gasteiger charge is 2.51. The number of Topliss-reactive ketones (excluding diaryl/α,β-unsaturated/α-hetero) is 1. The number of fused-ring (bicyclic) bond motifs is 1. The lowest BCUT2D eigenvalue weighted by molar-refractivity contribution is -0.119. The van der Waals surface area contributed by atoms with Crippen molar-refractivity contribution in [2.75, 3.05) is 0 Å². The maximum atomic E-state index is 11.8. The van der Waals surface area contributed by atoms with Crippen LogP contribution in [0, 0.1) is 23.7 Å². The molecule has 1 heteroatoms. The highest BCUT2D eigenvalue weighted by molar-refractivity contribution is 5.78. The van der Waals surface area contributed by atoms with Crippen molar-refractivity contribution in [2.45, 2.75) is 71.6 Å². The summed E-state index contributed by atoms with van der Waals surface area (Å²) in [7, 11) is 0. The van der Waals surface area contributed by atoms with Gasteiger partial charge in [-0.1, -0.05) is 31.9 Å². The Kier molecular flexibility index (Phi) is 5.24. The summed E-state index contributed by atoms with van der Waals surface area (Å²) >= 11 is 0. The Morgan fingerprint density at radius 2 is 1.95 bits per heavy atom. The van der Waals surface area contributed by atoms with Gasteiger partial charge in [0.1, 0.15) is 5.78 Å². The van der Waals surface area contributed by atoms with Crippen LogP contribution in [0.1, 0.15) is 71.6 Å². The predicted molar refractivity (Wildman–Crippen MR) is 81.0 cm³/mol. The average Bonchev–Trinajstić information content (AvgIpc) is 3.09. The maximum Gasteiger partial charge on any atom is 0.132 e. The molecule has 4 unspecified atom stereocenters. The maximum absolute atomic E-state index is 11.8. The van der Waals surface area contributed by atoms with Gasteiger partial charge >= 0.3 is 0 Å². The summed E-state index contributed by atoms with van der Waals surface area (Å²) < 4.78 is 0. The topological polar surface area (TPSA) is 17.1 Å². The molecule has 0 amide bonds. The molecule has 0 aromatic rings. The summed E-state index contributed by atoms with van der Waals surface area (Å²) in [6, 6.07) is 0. The zero-order chi connectivity index (χ0) is 13.8. The van der Waals surface area contributed by atoms with Crippen molar-refractivity contribution in [1.82, 2.24) is 0 Å². The molecule has 0 aliphatic heterocycles. The summed E-state index contributed by atoms with van der Waals surface area (Å²) in [6.45, 7) is 8.49. The Bertz CT molecular complexity index is 331. The lowest BCUT2D eigenvalue weighted by atomic mass is 9.85. The minimum atomic E-state index is 0.508. The Hall–Kier alpha value is -0.590. The number of allylic oxidation sites excluding steroid dienone is 1. The fraction of sp³-hybridized carbons (Fsp3) is 0.833. The zero-order valence-corrected chi connectivity index (χ0v) is 12.8. The Morgan fingerprint density at radius 1 is 1.16 bits per heavy atom. The van der Waals surface area contributed by atoms with Crippen LogP contribution in [-0.2, 0) is 4.79 Å². The van der Waals surface area contributed by atoms with Crippen molar-refractivity contribution < 1.29 is 4.79 Å². The average molecular weight is 262 g/mol. The fourth-order valence-electron chi connectivity index (χ4n) is 4.04. The molecule has 2 fully saturated rings. The smallest absolute Gasteiger partial charge is 0.132 e. The Labute approximate surface area is 118 Å². The molecule has 19 heavy (non-hydrogen) atoms. The first-order valence-electron chi connectivity index (χ1n) is 8.30. The molecule has 0 spiro atoms. The Balaban J connectivity index is 1.64. The number of carbonyl (C=O) groups excluding carboxylic acids is 1. The van der Waals surface area contributed by atoms with E-state index >= 15 is 0 Å². The highest BCUT2D eigenvalue weighted by atomic mass is 16.1. The Morgan fingerprint density at radius 3 is 2.63 bits per heavy atom. The van der Waals surface area contributed by atoms with Gasteiger partial charge in [-0.2, -0.15) is 0 Å². The normalized spacial score (nSPS) is 32.7. The molecule has 0 bridgehead atoms. The van der Waals surface area contributed by atoms with Crippen LogP contribution in [0.4, 0.5) is 0 Å². The summed E-state index contributed by atoms with van der Waals surface area (Å²) in [5, 5.41) is 0. The molecular weight excluding hydrogens is 232 g/mol. The van der Waals surface area contributed by atoms with Crippen molar-refractivity contribution >= 4 is 5.78 Å². The predicted octanol–water partition coefficient (Wildman–Crippen LogP) is 5.15. The molecule has 2 aliphatic carbocycles. The minimum absolute atomic E-state index is 0.508. The number of unbranched alkanes of at least 4 members (excludes halogenated alkanes) is 2. The second-order valence-corrected chi connectivity index (χ2v) is 6.88. The van der Waals surface area contributed by atoms with Crippen molar-refractivity contribution in [2.24, 2.45) is 23.7 Å². The van der Waals surface area contributed by atoms with E-state index < -0.39 is 0 Å². The van der Waals surface area contributed by atoms with E-state index in [-0.39, 0.29) is 0 Å². The third-order valence-electron chi connectivity index (χ3n) is 5.43. The van der Waals surface area contributed by atoms with Gasteiger partial charge in [-0.05, 0) is 62.7 Å². The van der Waals surface area contributed by atoms with Crippen LogP contribution in [-0.4, -0.2) is 5.78 Å². The van der Waals surface area contributed by atoms with E-state index in [0.717, 1.165) is 42.9 Å². The molecule has 108 valence electrons. The molecule has 0 aromatic carbocycles. The third-order valence-corrected chi connectivity index (χ3v) is 5.43. The van der Waals surface area contributed by atoms with Crippen molar-refractivity contribution in [3.05, 3.63) is 12.2 Å². The standard InChI is InChI=1S/C18H30O/c1-4-5-6-7-15(19)9-11-17-16-10-8-14(13(2)3)12-18(16)17/h14,16-18H,2,4-12H2,1,3H3. The van der Waals surface area contributed by atoms with Crippen molar-refractivity contribution in [1.29, 1.82) is 0 Å². The van der Waals surface area contributed by atoms with Crippen LogP contribution >= 0.6 is 0 Å². The summed E-state index contributed by atoms with van der Waals surface area (Å²) in [4.78, 5) is 11.8. The van der Waals surface area contributed by atoms with Gasteiger partial charge in [0.05, 0.1) is 0 Å². The monoisotopic (exact) mass is 262 g/mol. The molecule has 2 aliphatic rings. The van der Waals surface area contributed by atoms with E-state index in [1.54, 1.807) is 0 Å². The largest absolute Gasteiger partial charge is 0.300 e. The van der Waals surface area contributed by atoms with Crippen LogP contribution in [0.2, 0.25) is 0 Å². The second-order valence-electron chi connectivity index (χ2n) is 6.88. The van der Waals surface area contributed by atoms with Gasteiger partial charge in [0.25, 0.3) is 0 Å². The highest BCUT2D eigenvalue weighted by Crippen LogP contribution is 2.59. The molecular formula is C18H30O. The first-order chi connectivity index (χ1) is 9.13. The van der Waals surface area contributed by atoms with Crippen LogP contribution in [0.15, 0.2) is 12.2 Å².